The SMILES string of the molecule is Cc1cccc(OC[C@@H](O)CN2CC2)c1. The second-order valence-electron chi connectivity index (χ2n) is 4.08. The molecule has 1 aliphatic heterocycles. The van der Waals surface area contributed by atoms with E-state index in [4.69, 9.17) is 4.74 Å². The van der Waals surface area contributed by atoms with Crippen LogP contribution in [-0.2, 0) is 0 Å². The van der Waals surface area contributed by atoms with Crippen LogP contribution in [0.2, 0.25) is 0 Å². The molecule has 82 valence electrons. The van der Waals surface area contributed by atoms with Crippen LogP contribution in [0, 0.1) is 6.92 Å². The Morgan fingerprint density at radius 2 is 2.27 bits per heavy atom. The van der Waals surface area contributed by atoms with E-state index < -0.39 is 0 Å². The average molecular weight is 207 g/mol. The molecule has 3 heteroatoms. The van der Waals surface area contributed by atoms with E-state index in [0.717, 1.165) is 25.4 Å². The van der Waals surface area contributed by atoms with E-state index >= 15 is 0 Å². The van der Waals surface area contributed by atoms with Crippen molar-refractivity contribution in [3.63, 3.8) is 0 Å². The number of aryl methyl sites for hydroxylation is 1. The Morgan fingerprint density at radius 3 is 2.93 bits per heavy atom. The van der Waals surface area contributed by atoms with Crippen molar-refractivity contribution in [1.82, 2.24) is 4.90 Å². The molecule has 1 heterocycles. The predicted octanol–water partition coefficient (Wildman–Crippen LogP) is 1.05. The number of aliphatic hydroxyl groups is 1. The Labute approximate surface area is 90.3 Å². The molecule has 1 aromatic rings. The van der Waals surface area contributed by atoms with Gasteiger partial charge < -0.3 is 9.84 Å². The van der Waals surface area contributed by atoms with Gasteiger partial charge in [-0.2, -0.15) is 0 Å². The third-order valence-corrected chi connectivity index (χ3v) is 2.44. The van der Waals surface area contributed by atoms with Gasteiger partial charge in [-0.3, -0.25) is 4.90 Å². The molecule has 0 aliphatic carbocycles. The van der Waals surface area contributed by atoms with Crippen molar-refractivity contribution in [2.45, 2.75) is 13.0 Å². The number of hydrogen-bond donors (Lipinski definition) is 1. The second kappa shape index (κ2) is 4.64. The van der Waals surface area contributed by atoms with E-state index in [-0.39, 0.29) is 6.10 Å². The maximum absolute atomic E-state index is 9.62. The topological polar surface area (TPSA) is 32.5 Å². The fourth-order valence-electron chi connectivity index (χ4n) is 1.50. The van der Waals surface area contributed by atoms with Crippen LogP contribution < -0.4 is 4.74 Å². The van der Waals surface area contributed by atoms with E-state index in [0.29, 0.717) is 6.61 Å². The van der Waals surface area contributed by atoms with Crippen LogP contribution in [0.4, 0.5) is 0 Å². The van der Waals surface area contributed by atoms with Crippen LogP contribution in [0.25, 0.3) is 0 Å². The molecule has 3 nitrogen and oxygen atoms in total. The molecule has 0 radical (unpaired) electrons. The largest absolute Gasteiger partial charge is 0.491 e. The zero-order valence-electron chi connectivity index (χ0n) is 9.02. The predicted molar refractivity (Wildman–Crippen MR) is 59.1 cm³/mol. The summed E-state index contributed by atoms with van der Waals surface area (Å²) >= 11 is 0. The molecule has 1 atom stereocenters. The van der Waals surface area contributed by atoms with Crippen LogP contribution in [0.5, 0.6) is 5.75 Å². The van der Waals surface area contributed by atoms with Crippen molar-refractivity contribution in [2.75, 3.05) is 26.2 Å². The van der Waals surface area contributed by atoms with E-state index in [1.165, 1.54) is 5.56 Å². The molecular weight excluding hydrogens is 190 g/mol. The lowest BCUT2D eigenvalue weighted by Crippen LogP contribution is -2.25. The summed E-state index contributed by atoms with van der Waals surface area (Å²) < 4.78 is 5.50. The highest BCUT2D eigenvalue weighted by molar-refractivity contribution is 5.27. The average Bonchev–Trinajstić information content (AvgIpc) is 2.99. The van der Waals surface area contributed by atoms with Gasteiger partial charge in [0.2, 0.25) is 0 Å². The number of hydrogen-bond acceptors (Lipinski definition) is 3. The van der Waals surface area contributed by atoms with Crippen molar-refractivity contribution in [3.05, 3.63) is 29.8 Å². The number of β-amino-alcohol motifs (C(OH)–C–C–N with tert-alkyl or cyclic N) is 1. The second-order valence-corrected chi connectivity index (χ2v) is 4.08. The van der Waals surface area contributed by atoms with Gasteiger partial charge in [0.05, 0.1) is 0 Å². The minimum Gasteiger partial charge on any atom is -0.491 e. The summed E-state index contributed by atoms with van der Waals surface area (Å²) in [6.07, 6.45) is -0.381. The summed E-state index contributed by atoms with van der Waals surface area (Å²) in [6, 6.07) is 7.88. The zero-order valence-corrected chi connectivity index (χ0v) is 9.02. The van der Waals surface area contributed by atoms with Crippen molar-refractivity contribution < 1.29 is 9.84 Å². The van der Waals surface area contributed by atoms with Crippen molar-refractivity contribution in [2.24, 2.45) is 0 Å². The highest BCUT2D eigenvalue weighted by atomic mass is 16.5. The van der Waals surface area contributed by atoms with Crippen LogP contribution in [0.3, 0.4) is 0 Å². The van der Waals surface area contributed by atoms with E-state index in [9.17, 15) is 5.11 Å². The first-order chi connectivity index (χ1) is 7.24. The lowest BCUT2D eigenvalue weighted by molar-refractivity contribution is 0.0943. The summed E-state index contributed by atoms with van der Waals surface area (Å²) in [7, 11) is 0. The molecule has 0 spiro atoms. The maximum atomic E-state index is 9.62. The molecule has 1 aromatic carbocycles. The molecule has 0 amide bonds. The first kappa shape index (κ1) is 10.5. The van der Waals surface area contributed by atoms with Gasteiger partial charge in [-0.15, -0.1) is 0 Å². The van der Waals surface area contributed by atoms with Gasteiger partial charge in [-0.25, -0.2) is 0 Å². The Bertz CT molecular complexity index is 323. The summed E-state index contributed by atoms with van der Waals surface area (Å²) in [5, 5.41) is 9.62. The van der Waals surface area contributed by atoms with Gasteiger partial charge >= 0.3 is 0 Å². The van der Waals surface area contributed by atoms with Crippen LogP contribution >= 0.6 is 0 Å². The number of nitrogens with zero attached hydrogens (tertiary/aromatic N) is 1. The molecule has 1 saturated heterocycles. The molecule has 0 bridgehead atoms. The standard InChI is InChI=1S/C12H17NO2/c1-10-3-2-4-12(7-10)15-9-11(14)8-13-5-6-13/h2-4,7,11,14H,5-6,8-9H2,1H3/t11-/m0/s1. The lowest BCUT2D eigenvalue weighted by atomic mass is 10.2. The van der Waals surface area contributed by atoms with E-state index in [1.807, 2.05) is 31.2 Å². The van der Waals surface area contributed by atoms with Crippen molar-refractivity contribution in [3.8, 4) is 5.75 Å². The maximum Gasteiger partial charge on any atom is 0.119 e. The molecule has 0 unspecified atom stereocenters. The quantitative estimate of drug-likeness (QED) is 0.732. The lowest BCUT2D eigenvalue weighted by Gasteiger charge is -2.12. The molecule has 1 N–H and O–H groups in total. The van der Waals surface area contributed by atoms with Gasteiger partial charge in [0.1, 0.15) is 18.5 Å². The van der Waals surface area contributed by atoms with Gasteiger partial charge in [-0.1, -0.05) is 12.1 Å². The third-order valence-electron chi connectivity index (χ3n) is 2.44. The van der Waals surface area contributed by atoms with Crippen LogP contribution in [0.1, 0.15) is 5.56 Å². The number of aliphatic hydroxyl groups excluding tert-OH is 1. The van der Waals surface area contributed by atoms with E-state index in [1.54, 1.807) is 0 Å². The Morgan fingerprint density at radius 1 is 1.47 bits per heavy atom. The molecule has 2 rings (SSSR count). The minimum absolute atomic E-state index is 0.375. The summed E-state index contributed by atoms with van der Waals surface area (Å²) in [5.74, 6) is 0.833. The normalized spacial score (nSPS) is 17.5. The first-order valence-electron chi connectivity index (χ1n) is 5.34. The molecule has 1 aliphatic rings. The first-order valence-corrected chi connectivity index (χ1v) is 5.34. The van der Waals surface area contributed by atoms with E-state index in [2.05, 4.69) is 4.90 Å². The smallest absolute Gasteiger partial charge is 0.119 e. The number of benzene rings is 1. The van der Waals surface area contributed by atoms with Gasteiger partial charge in [0, 0.05) is 19.6 Å². The van der Waals surface area contributed by atoms with Crippen LogP contribution in [-0.4, -0.2) is 42.4 Å². The van der Waals surface area contributed by atoms with Gasteiger partial charge in [0.15, 0.2) is 0 Å². The minimum atomic E-state index is -0.381. The highest BCUT2D eigenvalue weighted by Crippen LogP contribution is 2.13. The Kier molecular flexibility index (Phi) is 3.23. The van der Waals surface area contributed by atoms with Gasteiger partial charge in [0.25, 0.3) is 0 Å². The Hall–Kier alpha value is -1.06. The van der Waals surface area contributed by atoms with Crippen molar-refractivity contribution in [1.29, 1.82) is 0 Å². The number of ether oxygens (including phenoxy) is 1. The fourth-order valence-corrected chi connectivity index (χ4v) is 1.50. The Balaban J connectivity index is 1.76. The van der Waals surface area contributed by atoms with Gasteiger partial charge in [-0.05, 0) is 24.6 Å². The molecule has 15 heavy (non-hydrogen) atoms. The molecule has 1 fully saturated rings. The fraction of sp³-hybridized carbons (Fsp3) is 0.500. The van der Waals surface area contributed by atoms with Crippen molar-refractivity contribution >= 4 is 0 Å². The van der Waals surface area contributed by atoms with Crippen LogP contribution in [0.15, 0.2) is 24.3 Å². The molecule has 0 saturated carbocycles. The number of rotatable bonds is 5. The monoisotopic (exact) mass is 207 g/mol. The summed E-state index contributed by atoms with van der Waals surface area (Å²) in [4.78, 5) is 2.18. The summed E-state index contributed by atoms with van der Waals surface area (Å²) in [6.45, 7) is 5.36. The molecular formula is C12H17NO2. The zero-order chi connectivity index (χ0) is 10.7. The highest BCUT2D eigenvalue weighted by Gasteiger charge is 2.20. The third kappa shape index (κ3) is 3.53. The molecule has 0 aromatic heterocycles. The summed E-state index contributed by atoms with van der Waals surface area (Å²) in [5.41, 5.74) is 1.17.